The normalized spacial score (nSPS) is 17.2. The number of aromatic amines is 1. The molecule has 0 fully saturated rings. The number of hydrogen-bond donors (Lipinski definition) is 3. The van der Waals surface area contributed by atoms with Gasteiger partial charge in [0.25, 0.3) is 5.56 Å². The van der Waals surface area contributed by atoms with Crippen LogP contribution in [0.15, 0.2) is 40.3 Å². The van der Waals surface area contributed by atoms with Crippen LogP contribution in [0.1, 0.15) is 31.0 Å². The van der Waals surface area contributed by atoms with E-state index in [9.17, 15) is 14.4 Å². The monoisotopic (exact) mass is 341 g/mol. The molecule has 7 nitrogen and oxygen atoms in total. The average Bonchev–Trinajstić information content (AvgIpc) is 2.54. The van der Waals surface area contributed by atoms with Crippen LogP contribution >= 0.6 is 0 Å². The van der Waals surface area contributed by atoms with Gasteiger partial charge >= 0.3 is 12.0 Å². The maximum atomic E-state index is 12.6. The molecular weight excluding hydrogens is 322 g/mol. The number of aryl methyl sites for hydroxylation is 1. The Balaban J connectivity index is 2.18. The predicted octanol–water partition coefficient (Wildman–Crippen LogP) is 2.03. The number of H-pyrrole nitrogens is 1. The van der Waals surface area contributed by atoms with Crippen LogP contribution in [-0.2, 0) is 9.53 Å². The topological polar surface area (TPSA) is 100 Å². The van der Waals surface area contributed by atoms with Crippen LogP contribution in [0.3, 0.4) is 0 Å². The number of allylic oxidation sites excluding steroid dienone is 1. The molecule has 0 radical (unpaired) electrons. The number of nitrogens with one attached hydrogen (secondary N) is 3. The van der Waals surface area contributed by atoms with Crippen LogP contribution in [0.5, 0.6) is 0 Å². The number of fused-ring (bicyclic) bond motifs is 1. The second kappa shape index (κ2) is 6.43. The van der Waals surface area contributed by atoms with Gasteiger partial charge < -0.3 is 20.4 Å². The predicted molar refractivity (Wildman–Crippen MR) is 93.0 cm³/mol. The van der Waals surface area contributed by atoms with E-state index in [1.165, 1.54) is 0 Å². The summed E-state index contributed by atoms with van der Waals surface area (Å²) in [6.07, 6.45) is 0. The molecule has 3 N–H and O–H groups in total. The minimum absolute atomic E-state index is 0.198. The largest absolute Gasteiger partial charge is 0.463 e. The Kier molecular flexibility index (Phi) is 4.31. The van der Waals surface area contributed by atoms with Gasteiger partial charge in [0, 0.05) is 11.3 Å². The summed E-state index contributed by atoms with van der Waals surface area (Å²) in [4.78, 5) is 39.7. The van der Waals surface area contributed by atoms with Crippen molar-refractivity contribution in [3.8, 4) is 0 Å². The maximum absolute atomic E-state index is 12.6. The second-order valence-electron chi connectivity index (χ2n) is 5.88. The van der Waals surface area contributed by atoms with Gasteiger partial charge in [-0.15, -0.1) is 0 Å². The highest BCUT2D eigenvalue weighted by Gasteiger charge is 2.33. The Hall–Kier alpha value is -3.09. The number of urea groups is 1. The van der Waals surface area contributed by atoms with Crippen molar-refractivity contribution in [2.45, 2.75) is 26.8 Å². The number of carbonyl (C=O) groups is 2. The van der Waals surface area contributed by atoms with Gasteiger partial charge in [0.1, 0.15) is 0 Å². The van der Waals surface area contributed by atoms with E-state index in [2.05, 4.69) is 15.6 Å². The fraction of sp³-hybridized carbons (Fsp3) is 0.278. The van der Waals surface area contributed by atoms with Gasteiger partial charge in [-0.25, -0.2) is 9.59 Å². The Morgan fingerprint density at radius 1 is 1.24 bits per heavy atom. The lowest BCUT2D eigenvalue weighted by atomic mass is 9.95. The van der Waals surface area contributed by atoms with E-state index < -0.39 is 18.0 Å². The van der Waals surface area contributed by atoms with E-state index in [-0.39, 0.29) is 23.3 Å². The number of ether oxygens (including phenoxy) is 1. The van der Waals surface area contributed by atoms with Crippen molar-refractivity contribution in [3.05, 3.63) is 57.0 Å². The Bertz CT molecular complexity index is 958. The molecule has 1 aromatic heterocycles. The number of aromatic nitrogens is 1. The van der Waals surface area contributed by atoms with Crippen LogP contribution in [0.25, 0.3) is 10.9 Å². The number of hydrogen-bond acceptors (Lipinski definition) is 4. The third-order valence-electron chi connectivity index (χ3n) is 4.19. The molecule has 1 unspecified atom stereocenters. The van der Waals surface area contributed by atoms with E-state index in [0.717, 1.165) is 16.5 Å². The van der Waals surface area contributed by atoms with E-state index in [1.807, 2.05) is 25.1 Å². The minimum atomic E-state index is -0.874. The van der Waals surface area contributed by atoms with Crippen molar-refractivity contribution < 1.29 is 14.3 Å². The number of pyridine rings is 1. The van der Waals surface area contributed by atoms with Crippen molar-refractivity contribution >= 4 is 22.9 Å². The van der Waals surface area contributed by atoms with Crippen LogP contribution < -0.4 is 16.2 Å². The molecule has 0 saturated carbocycles. The van der Waals surface area contributed by atoms with Gasteiger partial charge in [-0.2, -0.15) is 0 Å². The lowest BCUT2D eigenvalue weighted by Gasteiger charge is -2.27. The lowest BCUT2D eigenvalue weighted by Crippen LogP contribution is -2.46. The van der Waals surface area contributed by atoms with Crippen molar-refractivity contribution in [3.63, 3.8) is 0 Å². The fourth-order valence-corrected chi connectivity index (χ4v) is 3.02. The van der Waals surface area contributed by atoms with Crippen LogP contribution in [0.4, 0.5) is 4.79 Å². The van der Waals surface area contributed by atoms with Crippen molar-refractivity contribution in [1.82, 2.24) is 15.6 Å². The molecule has 1 aliphatic rings. The van der Waals surface area contributed by atoms with Gasteiger partial charge in [0.15, 0.2) is 0 Å². The van der Waals surface area contributed by atoms with E-state index >= 15 is 0 Å². The molecule has 0 bridgehead atoms. The zero-order valence-electron chi connectivity index (χ0n) is 14.2. The fourth-order valence-electron chi connectivity index (χ4n) is 3.02. The summed E-state index contributed by atoms with van der Waals surface area (Å²) in [5, 5.41) is 6.02. The first-order valence-corrected chi connectivity index (χ1v) is 8.00. The van der Waals surface area contributed by atoms with Crippen LogP contribution in [0.2, 0.25) is 0 Å². The van der Waals surface area contributed by atoms with Gasteiger partial charge in [0.05, 0.1) is 23.7 Å². The molecule has 1 aromatic carbocycles. The van der Waals surface area contributed by atoms with Crippen LogP contribution in [0, 0.1) is 6.92 Å². The van der Waals surface area contributed by atoms with Gasteiger partial charge in [0.2, 0.25) is 0 Å². The molecule has 0 saturated heterocycles. The summed E-state index contributed by atoms with van der Waals surface area (Å²) >= 11 is 0. The number of amides is 2. The highest BCUT2D eigenvalue weighted by molar-refractivity contribution is 5.95. The summed E-state index contributed by atoms with van der Waals surface area (Å²) in [5.41, 5.74) is 2.19. The molecule has 2 amide bonds. The van der Waals surface area contributed by atoms with Crippen molar-refractivity contribution in [2.24, 2.45) is 0 Å². The highest BCUT2D eigenvalue weighted by atomic mass is 16.5. The van der Waals surface area contributed by atoms with Gasteiger partial charge in [-0.3, -0.25) is 4.79 Å². The van der Waals surface area contributed by atoms with E-state index in [1.54, 1.807) is 19.9 Å². The third kappa shape index (κ3) is 3.00. The first kappa shape index (κ1) is 16.8. The Labute approximate surface area is 144 Å². The summed E-state index contributed by atoms with van der Waals surface area (Å²) in [7, 11) is 0. The SMILES string of the molecule is CCOC(=O)C1=C(C)NC(=O)NC1c1cc2cccc(C)c2[nH]c1=O. The smallest absolute Gasteiger partial charge is 0.338 e. The van der Waals surface area contributed by atoms with Crippen LogP contribution in [-0.4, -0.2) is 23.6 Å². The quantitative estimate of drug-likeness (QED) is 0.744. The molecular formula is C18H19N3O4. The average molecular weight is 341 g/mol. The first-order chi connectivity index (χ1) is 11.9. The summed E-state index contributed by atoms with van der Waals surface area (Å²) in [6.45, 7) is 5.41. The standard InChI is InChI=1S/C18H19N3O4/c1-4-25-17(23)13-10(3)19-18(24)21-15(13)12-8-11-7-5-6-9(2)14(11)20-16(12)22/h5-8,15H,4H2,1-3H3,(H,20,22)(H2,19,21,24). The van der Waals surface area contributed by atoms with Crippen molar-refractivity contribution in [2.75, 3.05) is 6.61 Å². The second-order valence-corrected chi connectivity index (χ2v) is 5.88. The zero-order chi connectivity index (χ0) is 18.1. The molecule has 0 aliphatic carbocycles. The first-order valence-electron chi connectivity index (χ1n) is 8.00. The zero-order valence-corrected chi connectivity index (χ0v) is 14.2. The maximum Gasteiger partial charge on any atom is 0.338 e. The number of para-hydroxylation sites is 1. The lowest BCUT2D eigenvalue weighted by molar-refractivity contribution is -0.139. The summed E-state index contributed by atoms with van der Waals surface area (Å²) in [5.74, 6) is -0.568. The molecule has 130 valence electrons. The Morgan fingerprint density at radius 3 is 2.72 bits per heavy atom. The molecule has 1 atom stereocenters. The molecule has 0 spiro atoms. The van der Waals surface area contributed by atoms with Gasteiger partial charge in [-0.05, 0) is 37.8 Å². The molecule has 1 aliphatic heterocycles. The summed E-state index contributed by atoms with van der Waals surface area (Å²) in [6, 6.07) is 6.00. The molecule has 7 heteroatoms. The van der Waals surface area contributed by atoms with E-state index in [4.69, 9.17) is 4.74 Å². The molecule has 25 heavy (non-hydrogen) atoms. The number of benzene rings is 1. The molecule has 2 aromatic rings. The molecule has 3 rings (SSSR count). The third-order valence-corrected chi connectivity index (χ3v) is 4.19. The number of esters is 1. The van der Waals surface area contributed by atoms with Crippen molar-refractivity contribution in [1.29, 1.82) is 0 Å². The number of carbonyl (C=O) groups excluding carboxylic acids is 2. The van der Waals surface area contributed by atoms with Gasteiger partial charge in [-0.1, -0.05) is 18.2 Å². The molecule has 2 heterocycles. The highest BCUT2D eigenvalue weighted by Crippen LogP contribution is 2.27. The number of rotatable bonds is 3. The van der Waals surface area contributed by atoms with E-state index in [0.29, 0.717) is 5.70 Å². The summed E-state index contributed by atoms with van der Waals surface area (Å²) < 4.78 is 5.08. The minimum Gasteiger partial charge on any atom is -0.463 e. The Morgan fingerprint density at radius 2 is 2.00 bits per heavy atom.